The molecule has 33 heavy (non-hydrogen) atoms. The minimum atomic E-state index is -0.609. The van der Waals surface area contributed by atoms with Crippen molar-refractivity contribution in [2.24, 2.45) is 5.92 Å². The highest BCUT2D eigenvalue weighted by Crippen LogP contribution is 2.65. The number of amides is 1. The third-order valence-electron chi connectivity index (χ3n) is 7.16. The van der Waals surface area contributed by atoms with Crippen molar-refractivity contribution in [3.63, 3.8) is 0 Å². The fourth-order valence-electron chi connectivity index (χ4n) is 5.36. The van der Waals surface area contributed by atoms with Crippen LogP contribution in [-0.4, -0.2) is 46.0 Å². The molecule has 1 amide bonds. The summed E-state index contributed by atoms with van der Waals surface area (Å²) < 4.78 is 27.3. The van der Waals surface area contributed by atoms with Crippen molar-refractivity contribution in [3.05, 3.63) is 46.5 Å². The fourth-order valence-corrected chi connectivity index (χ4v) is 5.36. The Morgan fingerprint density at radius 3 is 2.55 bits per heavy atom. The van der Waals surface area contributed by atoms with Crippen molar-refractivity contribution in [2.45, 2.75) is 70.4 Å². The molecule has 0 atom stereocenters. The Morgan fingerprint density at radius 1 is 1.24 bits per heavy atom. The van der Waals surface area contributed by atoms with Gasteiger partial charge in [0, 0.05) is 18.5 Å². The van der Waals surface area contributed by atoms with E-state index < -0.39 is 17.7 Å². The van der Waals surface area contributed by atoms with Crippen molar-refractivity contribution in [1.82, 2.24) is 14.7 Å². The normalized spacial score (nSPS) is 23.3. The maximum atomic E-state index is 15.3. The molecule has 0 unspecified atom stereocenters. The number of ether oxygens (including phenoxy) is 2. The molecule has 2 bridgehead atoms. The quantitative estimate of drug-likeness (QED) is 0.650. The number of rotatable bonds is 4. The van der Waals surface area contributed by atoms with Gasteiger partial charge in [0.15, 0.2) is 0 Å². The zero-order valence-corrected chi connectivity index (χ0v) is 19.6. The lowest BCUT2D eigenvalue weighted by atomic mass is 9.42. The van der Waals surface area contributed by atoms with E-state index in [4.69, 9.17) is 9.47 Å². The third kappa shape index (κ3) is 3.79. The van der Waals surface area contributed by atoms with Crippen molar-refractivity contribution in [3.8, 4) is 5.69 Å². The highest BCUT2D eigenvalue weighted by molar-refractivity contribution is 5.73. The lowest BCUT2D eigenvalue weighted by Gasteiger charge is -2.62. The van der Waals surface area contributed by atoms with Crippen LogP contribution in [0.1, 0.15) is 62.5 Å². The van der Waals surface area contributed by atoms with Crippen molar-refractivity contribution in [2.75, 3.05) is 13.7 Å². The van der Waals surface area contributed by atoms with Crippen molar-refractivity contribution < 1.29 is 23.5 Å². The van der Waals surface area contributed by atoms with Gasteiger partial charge in [-0.05, 0) is 69.1 Å². The van der Waals surface area contributed by atoms with Crippen LogP contribution in [0.4, 0.5) is 9.18 Å². The summed E-state index contributed by atoms with van der Waals surface area (Å²) in [5, 5.41) is 4.61. The third-order valence-corrected chi connectivity index (χ3v) is 7.16. The summed E-state index contributed by atoms with van der Waals surface area (Å²) in [6, 6.07) is 5.45. The first-order chi connectivity index (χ1) is 15.6. The molecule has 4 aliphatic rings. The van der Waals surface area contributed by atoms with Crippen LogP contribution < -0.4 is 0 Å². The van der Waals surface area contributed by atoms with Crippen molar-refractivity contribution in [1.29, 1.82) is 0 Å². The molecule has 1 aliphatic heterocycles. The summed E-state index contributed by atoms with van der Waals surface area (Å²) in [6.45, 7) is 6.14. The van der Waals surface area contributed by atoms with Gasteiger partial charge in [0.05, 0.1) is 31.5 Å². The van der Waals surface area contributed by atoms with Crippen LogP contribution in [0.25, 0.3) is 5.69 Å². The van der Waals surface area contributed by atoms with Gasteiger partial charge in [-0.25, -0.2) is 13.9 Å². The van der Waals surface area contributed by atoms with Crippen LogP contribution in [0.2, 0.25) is 0 Å². The molecule has 6 rings (SSSR count). The minimum absolute atomic E-state index is 0.0435. The number of halogens is 1. The number of carbonyl (C=O) groups is 2. The lowest BCUT2D eigenvalue weighted by Crippen LogP contribution is -2.55. The number of fused-ring (bicyclic) bond motifs is 1. The summed E-state index contributed by atoms with van der Waals surface area (Å²) in [7, 11) is 1.32. The van der Waals surface area contributed by atoms with Gasteiger partial charge in [-0.15, -0.1) is 0 Å². The first-order valence-corrected chi connectivity index (χ1v) is 11.5. The summed E-state index contributed by atoms with van der Waals surface area (Å²) in [5.74, 6) is 0.0673. The molecule has 0 saturated heterocycles. The summed E-state index contributed by atoms with van der Waals surface area (Å²) in [6.07, 6.45) is 3.50. The molecule has 7 nitrogen and oxygen atoms in total. The van der Waals surface area contributed by atoms with Gasteiger partial charge in [0.1, 0.15) is 17.1 Å². The van der Waals surface area contributed by atoms with Crippen LogP contribution in [0.15, 0.2) is 18.2 Å². The minimum Gasteiger partial charge on any atom is -0.469 e. The van der Waals surface area contributed by atoms with E-state index >= 15 is 4.39 Å². The van der Waals surface area contributed by atoms with Gasteiger partial charge >= 0.3 is 12.1 Å². The molecule has 0 radical (unpaired) electrons. The molecule has 2 aromatic rings. The second-order valence-corrected chi connectivity index (χ2v) is 10.6. The predicted octanol–water partition coefficient (Wildman–Crippen LogP) is 4.07. The Bertz CT molecular complexity index is 1120. The highest BCUT2D eigenvalue weighted by Gasteiger charge is 2.57. The van der Waals surface area contributed by atoms with Crippen LogP contribution >= 0.6 is 0 Å². The predicted molar refractivity (Wildman–Crippen MR) is 119 cm³/mol. The Hall–Kier alpha value is -2.90. The topological polar surface area (TPSA) is 73.7 Å². The first kappa shape index (κ1) is 21.9. The van der Waals surface area contributed by atoms with Gasteiger partial charge in [0.25, 0.3) is 0 Å². The molecule has 1 aromatic carbocycles. The van der Waals surface area contributed by atoms with E-state index in [1.54, 1.807) is 21.7 Å². The number of esters is 1. The Labute approximate surface area is 192 Å². The average molecular weight is 456 g/mol. The number of nitrogens with zero attached hydrogens (tertiary/aromatic N) is 3. The Morgan fingerprint density at radius 2 is 1.97 bits per heavy atom. The van der Waals surface area contributed by atoms with Gasteiger partial charge in [-0.1, -0.05) is 6.07 Å². The zero-order chi connectivity index (χ0) is 23.5. The molecular weight excluding hydrogens is 425 g/mol. The number of methoxy groups -OCH3 is 1. The Kier molecular flexibility index (Phi) is 5.03. The fraction of sp³-hybridized carbons (Fsp3) is 0.560. The van der Waals surface area contributed by atoms with Crippen molar-refractivity contribution >= 4 is 12.1 Å². The van der Waals surface area contributed by atoms with Gasteiger partial charge in [0.2, 0.25) is 0 Å². The van der Waals surface area contributed by atoms with Gasteiger partial charge in [-0.2, -0.15) is 5.10 Å². The molecule has 8 heteroatoms. The van der Waals surface area contributed by atoms with E-state index in [9.17, 15) is 9.59 Å². The van der Waals surface area contributed by atoms with E-state index in [2.05, 4.69) is 5.10 Å². The number of hydrogen-bond acceptors (Lipinski definition) is 5. The van der Waals surface area contributed by atoms with E-state index in [-0.39, 0.29) is 24.2 Å². The Balaban J connectivity index is 1.48. The largest absolute Gasteiger partial charge is 0.469 e. The highest BCUT2D eigenvalue weighted by atomic mass is 19.1. The zero-order valence-electron chi connectivity index (χ0n) is 19.6. The number of benzene rings is 1. The number of hydrogen-bond donors (Lipinski definition) is 0. The van der Waals surface area contributed by atoms with E-state index in [0.717, 1.165) is 42.0 Å². The molecule has 1 aromatic heterocycles. The van der Waals surface area contributed by atoms with Crippen LogP contribution in [-0.2, 0) is 39.1 Å². The van der Waals surface area contributed by atoms with Crippen LogP contribution in [0.5, 0.6) is 0 Å². The summed E-state index contributed by atoms with van der Waals surface area (Å²) in [4.78, 5) is 26.3. The maximum absolute atomic E-state index is 15.3. The van der Waals surface area contributed by atoms with E-state index in [1.807, 2.05) is 26.8 Å². The van der Waals surface area contributed by atoms with E-state index in [1.165, 1.54) is 7.11 Å². The molecule has 3 fully saturated rings. The molecule has 0 spiro atoms. The standard InChI is InChI=1S/C25H30FN3O4/c1-24(2,3)33-23(31)28-8-7-20-17(14-28)19(10-22(30)32-4)27-29(20)21-6-5-16(9-18(21)26)25-11-15(12-25)13-25/h5-6,9,15H,7-8,10-14H2,1-4H3. The molecular formula is C25H30FN3O4. The van der Waals surface area contributed by atoms with Gasteiger partial charge in [-0.3, -0.25) is 4.79 Å². The number of aromatic nitrogens is 2. The molecule has 3 aliphatic carbocycles. The monoisotopic (exact) mass is 455 g/mol. The number of carbonyl (C=O) groups excluding carboxylic acids is 2. The van der Waals surface area contributed by atoms with Gasteiger partial charge < -0.3 is 14.4 Å². The lowest BCUT2D eigenvalue weighted by molar-refractivity contribution is -0.139. The second kappa shape index (κ2) is 7.57. The van der Waals surface area contributed by atoms with Crippen LogP contribution in [0.3, 0.4) is 0 Å². The maximum Gasteiger partial charge on any atom is 0.410 e. The van der Waals surface area contributed by atoms with E-state index in [0.29, 0.717) is 24.3 Å². The summed E-state index contributed by atoms with van der Waals surface area (Å²) >= 11 is 0. The first-order valence-electron chi connectivity index (χ1n) is 11.5. The van der Waals surface area contributed by atoms with Crippen LogP contribution in [0, 0.1) is 11.7 Å². The smallest absolute Gasteiger partial charge is 0.410 e. The molecule has 176 valence electrons. The second-order valence-electron chi connectivity index (χ2n) is 10.6. The molecule has 3 saturated carbocycles. The molecule has 0 N–H and O–H groups in total. The molecule has 2 heterocycles. The SMILES string of the molecule is COC(=O)Cc1nn(-c2ccc(C34CC(C3)C4)cc2F)c2c1CN(C(=O)OC(C)(C)C)CC2. The summed E-state index contributed by atoms with van der Waals surface area (Å²) in [5.41, 5.74) is 3.06. The average Bonchev–Trinajstić information content (AvgIpc) is 3.02.